The van der Waals surface area contributed by atoms with Crippen molar-refractivity contribution in [1.29, 1.82) is 0 Å². The van der Waals surface area contributed by atoms with E-state index >= 15 is 0 Å². The minimum Gasteiger partial charge on any atom is -0.360 e. The average molecular weight is 268 g/mol. The van der Waals surface area contributed by atoms with Gasteiger partial charge in [-0.3, -0.25) is 9.59 Å². The number of carbonyl (C=O) groups excluding carboxylic acids is 2. The minimum atomic E-state index is -0.592. The first-order valence-corrected chi connectivity index (χ1v) is 5.93. The number of hydrogen-bond donors (Lipinski definition) is 2. The Morgan fingerprint density at radius 3 is 2.63 bits per heavy atom. The molecule has 0 aliphatic carbocycles. The molecule has 3 N–H and O–H groups in total. The average Bonchev–Trinajstić information content (AvgIpc) is 2.60. The molecule has 1 heterocycles. The molecule has 0 fully saturated rings. The Morgan fingerprint density at radius 1 is 1.53 bits per heavy atom. The van der Waals surface area contributed by atoms with Crippen molar-refractivity contribution in [1.82, 2.24) is 10.1 Å². The molecule has 7 nitrogen and oxygen atoms in total. The second-order valence-electron chi connectivity index (χ2n) is 5.29. The summed E-state index contributed by atoms with van der Waals surface area (Å²) in [4.78, 5) is 24.8. The van der Waals surface area contributed by atoms with Crippen molar-refractivity contribution in [2.45, 2.75) is 32.7 Å². The van der Waals surface area contributed by atoms with Crippen molar-refractivity contribution in [3.05, 3.63) is 11.8 Å². The molecule has 7 heteroatoms. The summed E-state index contributed by atoms with van der Waals surface area (Å²) in [5, 5.41) is 6.18. The molecule has 0 unspecified atom stereocenters. The first-order chi connectivity index (χ1) is 8.67. The van der Waals surface area contributed by atoms with Crippen molar-refractivity contribution >= 4 is 17.6 Å². The maximum absolute atomic E-state index is 11.8. The van der Waals surface area contributed by atoms with Crippen molar-refractivity contribution in [3.8, 4) is 0 Å². The molecule has 0 saturated heterocycles. The predicted molar refractivity (Wildman–Crippen MR) is 70.4 cm³/mol. The number of nitrogens with one attached hydrogen (secondary N) is 1. The van der Waals surface area contributed by atoms with Crippen LogP contribution in [0.3, 0.4) is 0 Å². The minimum absolute atomic E-state index is 0.0547. The second kappa shape index (κ2) is 5.83. The summed E-state index contributed by atoms with van der Waals surface area (Å²) in [5.74, 6) is 0.421. The topological polar surface area (TPSA) is 101 Å². The number of aryl methyl sites for hydroxylation is 1. The van der Waals surface area contributed by atoms with Crippen LogP contribution in [0.4, 0.5) is 5.82 Å². The number of likely N-dealkylation sites (N-methyl/N-ethyl adjacent to an activating group) is 1. The zero-order valence-corrected chi connectivity index (χ0v) is 11.7. The van der Waals surface area contributed by atoms with Gasteiger partial charge in [-0.05, 0) is 20.8 Å². The van der Waals surface area contributed by atoms with E-state index in [2.05, 4.69) is 10.5 Å². The highest BCUT2D eigenvalue weighted by molar-refractivity contribution is 5.93. The highest BCUT2D eigenvalue weighted by Crippen LogP contribution is 2.08. The highest BCUT2D eigenvalue weighted by atomic mass is 16.5. The number of nitrogens with two attached hydrogens (primary N) is 1. The third-order valence-corrected chi connectivity index (χ3v) is 2.31. The normalized spacial score (nSPS) is 11.2. The number of amides is 2. The van der Waals surface area contributed by atoms with Gasteiger partial charge < -0.3 is 20.5 Å². The SMILES string of the molecule is Cc1cc(NC(=O)CN(C)C(=O)CC(C)(C)N)no1. The zero-order valence-electron chi connectivity index (χ0n) is 11.7. The summed E-state index contributed by atoms with van der Waals surface area (Å²) in [6.07, 6.45) is 0.180. The summed E-state index contributed by atoms with van der Waals surface area (Å²) in [5.41, 5.74) is 5.17. The maximum Gasteiger partial charge on any atom is 0.245 e. The van der Waals surface area contributed by atoms with Gasteiger partial charge in [-0.25, -0.2) is 0 Å². The van der Waals surface area contributed by atoms with Gasteiger partial charge in [0.05, 0.1) is 6.54 Å². The molecule has 0 atom stereocenters. The Hall–Kier alpha value is -1.89. The third-order valence-electron chi connectivity index (χ3n) is 2.31. The summed E-state index contributed by atoms with van der Waals surface area (Å²) in [6.45, 7) is 5.19. The van der Waals surface area contributed by atoms with E-state index in [1.807, 2.05) is 0 Å². The fourth-order valence-electron chi connectivity index (χ4n) is 1.44. The van der Waals surface area contributed by atoms with Gasteiger partial charge in [0.15, 0.2) is 5.82 Å². The smallest absolute Gasteiger partial charge is 0.245 e. The van der Waals surface area contributed by atoms with Gasteiger partial charge in [0.25, 0.3) is 0 Å². The molecule has 0 aromatic carbocycles. The molecule has 106 valence electrons. The first-order valence-electron chi connectivity index (χ1n) is 5.93. The molecule has 19 heavy (non-hydrogen) atoms. The van der Waals surface area contributed by atoms with Crippen LogP contribution in [-0.4, -0.2) is 41.0 Å². The molecule has 0 spiro atoms. The van der Waals surface area contributed by atoms with E-state index in [9.17, 15) is 9.59 Å². The van der Waals surface area contributed by atoms with Gasteiger partial charge in [0, 0.05) is 25.1 Å². The third kappa shape index (κ3) is 5.52. The van der Waals surface area contributed by atoms with Crippen LogP contribution in [0.1, 0.15) is 26.0 Å². The molecule has 1 aromatic rings. The Labute approximate surface area is 112 Å². The number of carbonyl (C=O) groups is 2. The lowest BCUT2D eigenvalue weighted by Gasteiger charge is -2.22. The molecular formula is C12H20N4O3. The van der Waals surface area contributed by atoms with Crippen molar-refractivity contribution in [3.63, 3.8) is 0 Å². The van der Waals surface area contributed by atoms with Gasteiger partial charge in [-0.15, -0.1) is 0 Å². The van der Waals surface area contributed by atoms with E-state index in [0.29, 0.717) is 11.6 Å². The zero-order chi connectivity index (χ0) is 14.6. The van der Waals surface area contributed by atoms with Crippen molar-refractivity contribution in [2.75, 3.05) is 18.9 Å². The number of rotatable bonds is 5. The fourth-order valence-corrected chi connectivity index (χ4v) is 1.44. The monoisotopic (exact) mass is 268 g/mol. The van der Waals surface area contributed by atoms with Gasteiger partial charge >= 0.3 is 0 Å². The molecule has 0 saturated carbocycles. The van der Waals surface area contributed by atoms with Crippen LogP contribution >= 0.6 is 0 Å². The van der Waals surface area contributed by atoms with Crippen LogP contribution in [-0.2, 0) is 9.59 Å². The number of aromatic nitrogens is 1. The number of hydrogen-bond acceptors (Lipinski definition) is 5. The number of nitrogens with zero attached hydrogens (tertiary/aromatic N) is 2. The van der Waals surface area contributed by atoms with Crippen molar-refractivity contribution < 1.29 is 14.1 Å². The molecule has 2 amide bonds. The van der Waals surface area contributed by atoms with Crippen LogP contribution in [0, 0.1) is 6.92 Å². The molecular weight excluding hydrogens is 248 g/mol. The largest absolute Gasteiger partial charge is 0.360 e. The molecule has 1 rings (SSSR count). The van der Waals surface area contributed by atoms with E-state index in [0.717, 1.165) is 0 Å². The summed E-state index contributed by atoms with van der Waals surface area (Å²) >= 11 is 0. The number of anilines is 1. The second-order valence-corrected chi connectivity index (χ2v) is 5.29. The van der Waals surface area contributed by atoms with E-state index < -0.39 is 5.54 Å². The van der Waals surface area contributed by atoms with E-state index in [4.69, 9.17) is 10.3 Å². The Bertz CT molecular complexity index is 462. The Balaban J connectivity index is 2.46. The van der Waals surface area contributed by atoms with Gasteiger partial charge in [-0.1, -0.05) is 5.16 Å². The molecule has 1 aromatic heterocycles. The quantitative estimate of drug-likeness (QED) is 0.810. The van der Waals surface area contributed by atoms with Crippen molar-refractivity contribution in [2.24, 2.45) is 5.73 Å². The first kappa shape index (κ1) is 15.2. The maximum atomic E-state index is 11.8. The van der Waals surface area contributed by atoms with Crippen LogP contribution in [0.5, 0.6) is 0 Å². The molecule has 0 aliphatic rings. The standard InChI is InChI=1S/C12H20N4O3/c1-8-5-9(15-19-8)14-10(17)7-16(4)11(18)6-12(2,3)13/h5H,6-7,13H2,1-4H3,(H,14,15,17). The lowest BCUT2D eigenvalue weighted by atomic mass is 10.0. The highest BCUT2D eigenvalue weighted by Gasteiger charge is 2.21. The van der Waals surface area contributed by atoms with Gasteiger partial charge in [0.1, 0.15) is 5.76 Å². The lowest BCUT2D eigenvalue weighted by Crippen LogP contribution is -2.42. The van der Waals surface area contributed by atoms with E-state index in [1.54, 1.807) is 33.9 Å². The van der Waals surface area contributed by atoms with Crippen LogP contribution < -0.4 is 11.1 Å². The fraction of sp³-hybridized carbons (Fsp3) is 0.583. The van der Waals surface area contributed by atoms with Gasteiger partial charge in [-0.2, -0.15) is 0 Å². The molecule has 0 bridgehead atoms. The molecule has 0 radical (unpaired) electrons. The Kier molecular flexibility index (Phi) is 4.66. The summed E-state index contributed by atoms with van der Waals surface area (Å²) in [6, 6.07) is 1.60. The Morgan fingerprint density at radius 2 is 2.16 bits per heavy atom. The summed E-state index contributed by atoms with van der Waals surface area (Å²) in [7, 11) is 1.56. The lowest BCUT2D eigenvalue weighted by molar-refractivity contribution is -0.134. The summed E-state index contributed by atoms with van der Waals surface area (Å²) < 4.78 is 4.82. The van der Waals surface area contributed by atoms with Crippen LogP contribution in [0.2, 0.25) is 0 Å². The van der Waals surface area contributed by atoms with Crippen LogP contribution in [0.15, 0.2) is 10.6 Å². The predicted octanol–water partition coefficient (Wildman–Crippen LogP) is 0.507. The van der Waals surface area contributed by atoms with Gasteiger partial charge in [0.2, 0.25) is 11.8 Å². The van der Waals surface area contributed by atoms with Crippen LogP contribution in [0.25, 0.3) is 0 Å². The van der Waals surface area contributed by atoms with E-state index in [1.165, 1.54) is 4.90 Å². The van der Waals surface area contributed by atoms with E-state index in [-0.39, 0.29) is 24.8 Å². The molecule has 0 aliphatic heterocycles.